The van der Waals surface area contributed by atoms with Crippen molar-refractivity contribution >= 4 is 52.3 Å². The van der Waals surface area contributed by atoms with Crippen LogP contribution in [0.15, 0.2) is 112 Å². The van der Waals surface area contributed by atoms with Crippen LogP contribution in [0.25, 0.3) is 44.3 Å². The average molecular weight is 1190 g/mol. The van der Waals surface area contributed by atoms with Crippen molar-refractivity contribution in [2.45, 2.75) is 118 Å². The fraction of sp³-hybridized carbons (Fsp3) is 0.433. The van der Waals surface area contributed by atoms with Crippen LogP contribution >= 0.6 is 0 Å². The Bertz CT molecular complexity index is 3510. The number of phenols is 1. The van der Waals surface area contributed by atoms with E-state index in [1.165, 1.54) is 59.7 Å². The zero-order valence-corrected chi connectivity index (χ0v) is 47.0. The molecule has 1 saturated heterocycles. The number of carbonyl (C=O) groups excluding carboxylic acids is 3. The number of hydrogen-bond acceptors (Lipinski definition) is 21. The first kappa shape index (κ1) is 62.5. The number of benzene rings is 3. The highest BCUT2D eigenvalue weighted by Gasteiger charge is 2.75. The molecule has 3 aromatic heterocycles. The van der Waals surface area contributed by atoms with Crippen molar-refractivity contribution in [2.75, 3.05) is 33.0 Å². The minimum absolute atomic E-state index is 0.00420. The Kier molecular flexibility index (Phi) is 19.1. The number of aliphatic hydroxyl groups is 7. The maximum Gasteiger partial charge on any atom is 0.337 e. The summed E-state index contributed by atoms with van der Waals surface area (Å²) in [5.41, 5.74) is -0.665. The summed E-state index contributed by atoms with van der Waals surface area (Å²) in [4.78, 5) is 80.2. The first-order valence-corrected chi connectivity index (χ1v) is 28.1. The molecule has 13 atom stereocenters. The van der Waals surface area contributed by atoms with Gasteiger partial charge in [0.1, 0.15) is 54.3 Å². The number of nitrogens with one attached hydrogen (secondary N) is 4. The summed E-state index contributed by atoms with van der Waals surface area (Å²) >= 11 is 0. The molecular formula is C60H71N7O19. The van der Waals surface area contributed by atoms with E-state index in [1.54, 1.807) is 18.3 Å². The van der Waals surface area contributed by atoms with Gasteiger partial charge in [0.2, 0.25) is 24.2 Å². The molecular weight excluding hydrogens is 1120 g/mol. The number of carboxylic acid groups (broad SMARTS) is 1. The van der Waals surface area contributed by atoms with Crippen molar-refractivity contribution in [3.63, 3.8) is 0 Å². The molecule has 15 N–H and O–H groups in total. The van der Waals surface area contributed by atoms with E-state index in [9.17, 15) is 69.9 Å². The molecule has 5 heterocycles. The molecule has 460 valence electrons. The molecule has 6 aromatic rings. The molecule has 0 amide bonds. The van der Waals surface area contributed by atoms with Gasteiger partial charge in [-0.25, -0.2) is 14.6 Å². The zero-order chi connectivity index (χ0) is 61.7. The zero-order valence-electron chi connectivity index (χ0n) is 47.0. The number of aryl methyl sites for hydroxylation is 2. The summed E-state index contributed by atoms with van der Waals surface area (Å²) in [7, 11) is 0. The molecule has 26 heteroatoms. The number of H-pyrrole nitrogens is 1. The normalized spacial score (nSPS) is 25.8. The number of aromatic amines is 1. The Morgan fingerprint density at radius 1 is 1.00 bits per heavy atom. The summed E-state index contributed by atoms with van der Waals surface area (Å²) in [6.07, 6.45) is 0.253. The predicted molar refractivity (Wildman–Crippen MR) is 308 cm³/mol. The lowest BCUT2D eigenvalue weighted by Gasteiger charge is -2.59. The number of phenolic OH excluding ortho intramolecular Hbond substituents is 1. The standard InChI is InChI=1S/C60H71N7O19/c1-32-22-33(2)24-38(23-32)50-48-36(17-19-63-48)26-67(50)86-52-55(83-40-14-15-41-45(25-40)82-29-42(51(41)76)34-9-12-39(74)13-10-34)84-56(58(80,30-72)60(52,81)46(75)8-4-20-68)59(31-73,85-54(79)49(53(77)78)62-18-5-21-69)66-57(61)65-44(28-71)43-16-11-35-6-3-7-37(27-70)47(35)64-43/h9-17,19,21-26,28-29,35,37,43-44,46-47,49,52,55-56,62-64,68,70,72-75,80-81H,3-8,18,20,27,30-31H2,1-2H3,(H,77,78)(H3,61,65,66). The smallest absolute Gasteiger partial charge is 0.337 e. The van der Waals surface area contributed by atoms with Gasteiger partial charge in [0.25, 0.3) is 0 Å². The Hall–Kier alpha value is -8.02. The van der Waals surface area contributed by atoms with Crippen LogP contribution in [0.1, 0.15) is 49.7 Å². The minimum Gasteiger partial charge on any atom is -0.508 e. The second-order valence-electron chi connectivity index (χ2n) is 22.0. The molecule has 13 unspecified atom stereocenters. The van der Waals surface area contributed by atoms with E-state index >= 15 is 0 Å². The van der Waals surface area contributed by atoms with Gasteiger partial charge in [0, 0.05) is 55.4 Å². The molecule has 1 saturated carbocycles. The summed E-state index contributed by atoms with van der Waals surface area (Å²) < 4.78 is 26.4. The number of esters is 1. The van der Waals surface area contributed by atoms with E-state index in [1.807, 2.05) is 38.1 Å². The quantitative estimate of drug-likeness (QED) is 0.00544. The number of carbonyl (C=O) groups is 4. The Morgan fingerprint density at radius 2 is 1.76 bits per heavy atom. The highest BCUT2D eigenvalue weighted by molar-refractivity contribution is 5.99. The number of carboxylic acids is 1. The number of aromatic nitrogens is 2. The lowest BCUT2D eigenvalue weighted by molar-refractivity contribution is -0.400. The first-order chi connectivity index (χ1) is 41.3. The molecule has 0 spiro atoms. The van der Waals surface area contributed by atoms with Gasteiger partial charge in [-0.05, 0) is 99.4 Å². The predicted octanol–water partition coefficient (Wildman–Crippen LogP) is 0.562. The van der Waals surface area contributed by atoms with Crippen LogP contribution in [0.4, 0.5) is 0 Å². The third kappa shape index (κ3) is 12.2. The Labute approximate surface area is 491 Å². The van der Waals surface area contributed by atoms with Crippen LogP contribution < -0.4 is 36.7 Å². The molecule has 1 aliphatic carbocycles. The van der Waals surface area contributed by atoms with Crippen molar-refractivity contribution < 1.29 is 88.6 Å². The van der Waals surface area contributed by atoms with Crippen LogP contribution in [-0.2, 0) is 28.7 Å². The van der Waals surface area contributed by atoms with Crippen LogP contribution in [-0.4, -0.2) is 185 Å². The van der Waals surface area contributed by atoms with Gasteiger partial charge in [0.05, 0.1) is 41.4 Å². The Balaban J connectivity index is 1.23. The summed E-state index contributed by atoms with van der Waals surface area (Å²) in [5.74, 6) is -4.95. The third-order valence-electron chi connectivity index (χ3n) is 16.3. The maximum atomic E-state index is 14.5. The molecule has 0 radical (unpaired) electrons. The number of aliphatic carboxylic acids is 1. The van der Waals surface area contributed by atoms with Gasteiger partial charge < -0.3 is 100 Å². The number of aliphatic imine (C=N–C) groups is 1. The largest absolute Gasteiger partial charge is 0.508 e. The molecule has 26 nitrogen and oxygen atoms in total. The van der Waals surface area contributed by atoms with Gasteiger partial charge in [-0.15, -0.1) is 0 Å². The number of aliphatic hydroxyl groups excluding tert-OH is 5. The molecule has 2 fully saturated rings. The number of fused-ring (bicyclic) bond motifs is 3. The molecule has 9 rings (SSSR count). The van der Waals surface area contributed by atoms with E-state index in [0.717, 1.165) is 24.0 Å². The van der Waals surface area contributed by atoms with E-state index < -0.39 is 116 Å². The topological polar surface area (TPSA) is 413 Å². The van der Waals surface area contributed by atoms with Crippen molar-refractivity contribution in [1.82, 2.24) is 25.7 Å². The lowest BCUT2D eigenvalue weighted by atomic mass is 9.66. The number of guanidine groups is 1. The molecule has 86 heavy (non-hydrogen) atoms. The van der Waals surface area contributed by atoms with E-state index in [4.69, 9.17) is 29.2 Å². The maximum absolute atomic E-state index is 14.5. The number of nitrogens with zero attached hydrogens (tertiary/aromatic N) is 2. The summed E-state index contributed by atoms with van der Waals surface area (Å²) in [6.45, 7) is -0.768. The SMILES string of the molecule is Cc1cc(C)cc(-c2c3[nH]ccc3cn2OC2C(Oc3ccc4c(=O)c(-c5ccc(O)cc5)coc4c3)OC(C(CO)(NC(N)=NC(C=O)C3C=CC4CCCC(CO)C4N3)OC(=O)C(NCCC=O)C(=O)O)C(O)(CO)C2(O)C(O)CCCO)c1. The fourth-order valence-electron chi connectivity index (χ4n) is 12.1. The van der Waals surface area contributed by atoms with Crippen molar-refractivity contribution in [1.29, 1.82) is 0 Å². The molecule has 2 aliphatic heterocycles. The second kappa shape index (κ2) is 26.3. The van der Waals surface area contributed by atoms with Crippen LogP contribution in [0.3, 0.4) is 0 Å². The Morgan fingerprint density at radius 3 is 2.43 bits per heavy atom. The van der Waals surface area contributed by atoms with Crippen LogP contribution in [0.5, 0.6) is 11.5 Å². The number of nitrogens with two attached hydrogens (primary N) is 1. The van der Waals surface area contributed by atoms with Gasteiger partial charge >= 0.3 is 11.9 Å². The molecule has 3 aromatic carbocycles. The lowest BCUT2D eigenvalue weighted by Crippen LogP contribution is -2.86. The minimum atomic E-state index is -3.55. The van der Waals surface area contributed by atoms with Crippen molar-refractivity contribution in [3.05, 3.63) is 119 Å². The average Bonchev–Trinajstić information content (AvgIpc) is 0.889. The molecule has 0 bridgehead atoms. The number of aromatic hydroxyl groups is 1. The van der Waals surface area contributed by atoms with Gasteiger partial charge in [-0.3, -0.25) is 10.1 Å². The van der Waals surface area contributed by atoms with Gasteiger partial charge in [-0.1, -0.05) is 47.9 Å². The summed E-state index contributed by atoms with van der Waals surface area (Å²) in [6, 6.07) is 12.0. The summed E-state index contributed by atoms with van der Waals surface area (Å²) in [5, 5.41) is 113. The van der Waals surface area contributed by atoms with Gasteiger partial charge in [-0.2, -0.15) is 4.73 Å². The monoisotopic (exact) mass is 1190 g/mol. The van der Waals surface area contributed by atoms with Crippen molar-refractivity contribution in [3.8, 4) is 33.9 Å². The van der Waals surface area contributed by atoms with Crippen LogP contribution in [0, 0.1) is 25.7 Å². The van der Waals surface area contributed by atoms with Crippen LogP contribution in [0.2, 0.25) is 0 Å². The number of rotatable bonds is 25. The van der Waals surface area contributed by atoms with E-state index in [0.29, 0.717) is 46.7 Å². The first-order valence-electron chi connectivity index (χ1n) is 28.1. The second-order valence-corrected chi connectivity index (χ2v) is 22.0. The number of hydrogen-bond donors (Lipinski definition) is 14. The highest BCUT2D eigenvalue weighted by atomic mass is 16.8. The van der Waals surface area contributed by atoms with Crippen molar-refractivity contribution in [2.24, 2.45) is 22.6 Å². The fourth-order valence-corrected chi connectivity index (χ4v) is 12.1. The van der Waals surface area contributed by atoms with E-state index in [2.05, 4.69) is 25.9 Å². The highest BCUT2D eigenvalue weighted by Crippen LogP contribution is 2.47. The molecule has 3 aliphatic rings. The van der Waals surface area contributed by atoms with E-state index in [-0.39, 0.29) is 65.4 Å². The third-order valence-corrected chi connectivity index (χ3v) is 16.3. The van der Waals surface area contributed by atoms with Gasteiger partial charge in [0.15, 0.2) is 28.7 Å². The number of aldehydes is 2. The number of ether oxygens (including phenoxy) is 3.